The molecule has 1 saturated heterocycles. The number of benzene rings is 1. The standard InChI is InChI=1S/C21H24N4O3S/c1-13-17-19(22-10-14-5-4-6-16(9-14)27-3)23-12-24-20(17)29-18(13)21(26)25(2)15-7-8-28-11-15/h4-6,9,12,15H,7-8,10-11H2,1-3H3,(H,22,23,24)/t15-/m0/s1. The molecule has 7 nitrogen and oxygen atoms in total. The second-order valence-corrected chi connectivity index (χ2v) is 8.10. The third kappa shape index (κ3) is 3.90. The maximum absolute atomic E-state index is 13.1. The number of methoxy groups -OCH3 is 1. The Morgan fingerprint density at radius 2 is 2.28 bits per heavy atom. The van der Waals surface area contributed by atoms with Crippen LogP contribution in [0.1, 0.15) is 27.2 Å². The first-order valence-corrected chi connectivity index (χ1v) is 10.4. The number of amides is 1. The van der Waals surface area contributed by atoms with Crippen molar-refractivity contribution in [3.05, 3.63) is 46.6 Å². The predicted molar refractivity (Wildman–Crippen MR) is 114 cm³/mol. The van der Waals surface area contributed by atoms with Crippen molar-refractivity contribution in [2.24, 2.45) is 0 Å². The Morgan fingerprint density at radius 3 is 3.03 bits per heavy atom. The summed E-state index contributed by atoms with van der Waals surface area (Å²) in [6.45, 7) is 3.86. The zero-order chi connectivity index (χ0) is 20.4. The third-order valence-corrected chi connectivity index (χ3v) is 6.48. The van der Waals surface area contributed by atoms with Crippen molar-refractivity contribution in [2.75, 3.05) is 32.7 Å². The van der Waals surface area contributed by atoms with Gasteiger partial charge < -0.3 is 19.7 Å². The smallest absolute Gasteiger partial charge is 0.264 e. The number of thiophene rings is 1. The summed E-state index contributed by atoms with van der Waals surface area (Å²) in [4.78, 5) is 25.2. The van der Waals surface area contributed by atoms with Gasteiger partial charge in [0.15, 0.2) is 0 Å². The maximum atomic E-state index is 13.1. The summed E-state index contributed by atoms with van der Waals surface area (Å²) in [5.74, 6) is 1.56. The van der Waals surface area contributed by atoms with E-state index in [0.717, 1.165) is 39.3 Å². The highest BCUT2D eigenvalue weighted by Crippen LogP contribution is 2.34. The van der Waals surface area contributed by atoms with Gasteiger partial charge in [-0.2, -0.15) is 0 Å². The summed E-state index contributed by atoms with van der Waals surface area (Å²) >= 11 is 1.42. The van der Waals surface area contributed by atoms with Crippen molar-refractivity contribution in [2.45, 2.75) is 25.9 Å². The fourth-order valence-corrected chi connectivity index (χ4v) is 4.66. The minimum Gasteiger partial charge on any atom is -0.497 e. The molecule has 0 spiro atoms. The highest BCUT2D eigenvalue weighted by atomic mass is 32.1. The molecule has 1 atom stereocenters. The van der Waals surface area contributed by atoms with Crippen LogP contribution in [0.2, 0.25) is 0 Å². The number of fused-ring (bicyclic) bond motifs is 1. The van der Waals surface area contributed by atoms with Crippen molar-refractivity contribution < 1.29 is 14.3 Å². The number of carbonyl (C=O) groups excluding carboxylic acids is 1. The lowest BCUT2D eigenvalue weighted by molar-refractivity contribution is 0.0715. The number of aryl methyl sites for hydroxylation is 1. The molecular formula is C21H24N4O3S. The lowest BCUT2D eigenvalue weighted by Gasteiger charge is -2.22. The molecule has 3 aromatic rings. The summed E-state index contributed by atoms with van der Waals surface area (Å²) in [7, 11) is 3.50. The van der Waals surface area contributed by atoms with Gasteiger partial charge >= 0.3 is 0 Å². The van der Waals surface area contributed by atoms with Crippen molar-refractivity contribution in [3.8, 4) is 5.75 Å². The lowest BCUT2D eigenvalue weighted by atomic mass is 10.1. The van der Waals surface area contributed by atoms with E-state index in [1.807, 2.05) is 38.2 Å². The average Bonchev–Trinajstić information content (AvgIpc) is 3.40. The molecule has 4 rings (SSSR count). The van der Waals surface area contributed by atoms with Gasteiger partial charge in [0.2, 0.25) is 0 Å². The summed E-state index contributed by atoms with van der Waals surface area (Å²) in [6.07, 6.45) is 2.41. The van der Waals surface area contributed by atoms with Crippen LogP contribution in [0.3, 0.4) is 0 Å². The molecule has 8 heteroatoms. The Hall–Kier alpha value is -2.71. The molecule has 1 fully saturated rings. The molecule has 0 radical (unpaired) electrons. The van der Waals surface area contributed by atoms with Crippen molar-refractivity contribution >= 4 is 33.3 Å². The Bertz CT molecular complexity index is 1030. The molecule has 2 aromatic heterocycles. The molecule has 0 aliphatic carbocycles. The molecule has 3 heterocycles. The quantitative estimate of drug-likeness (QED) is 0.668. The number of nitrogens with one attached hydrogen (secondary N) is 1. The number of rotatable bonds is 6. The fourth-order valence-electron chi connectivity index (χ4n) is 3.53. The van der Waals surface area contributed by atoms with E-state index in [9.17, 15) is 4.79 Å². The van der Waals surface area contributed by atoms with E-state index in [0.29, 0.717) is 24.6 Å². The second-order valence-electron chi connectivity index (χ2n) is 7.10. The van der Waals surface area contributed by atoms with Crippen LogP contribution in [0.25, 0.3) is 10.2 Å². The summed E-state index contributed by atoms with van der Waals surface area (Å²) in [5.41, 5.74) is 2.00. The van der Waals surface area contributed by atoms with Crippen LogP contribution in [-0.2, 0) is 11.3 Å². The number of nitrogens with zero attached hydrogens (tertiary/aromatic N) is 3. The average molecular weight is 413 g/mol. The number of hydrogen-bond donors (Lipinski definition) is 1. The first kappa shape index (κ1) is 19.6. The number of ether oxygens (including phenoxy) is 2. The minimum absolute atomic E-state index is 0.0137. The number of anilines is 1. The van der Waals surface area contributed by atoms with E-state index in [1.165, 1.54) is 17.7 Å². The van der Waals surface area contributed by atoms with Gasteiger partial charge in [0.25, 0.3) is 5.91 Å². The van der Waals surface area contributed by atoms with Crippen LogP contribution in [0.4, 0.5) is 5.82 Å². The largest absolute Gasteiger partial charge is 0.497 e. The van der Waals surface area contributed by atoms with Crippen LogP contribution in [0.5, 0.6) is 5.75 Å². The summed E-state index contributed by atoms with van der Waals surface area (Å²) in [6, 6.07) is 8.02. The van der Waals surface area contributed by atoms with Crippen LogP contribution >= 0.6 is 11.3 Å². The van der Waals surface area contributed by atoms with Crippen LogP contribution < -0.4 is 10.1 Å². The van der Waals surface area contributed by atoms with Gasteiger partial charge in [0, 0.05) is 20.2 Å². The molecule has 152 valence electrons. The molecule has 29 heavy (non-hydrogen) atoms. The van der Waals surface area contributed by atoms with Gasteiger partial charge in [-0.05, 0) is 36.6 Å². The summed E-state index contributed by atoms with van der Waals surface area (Å²) in [5, 5.41) is 4.29. The maximum Gasteiger partial charge on any atom is 0.264 e. The van der Waals surface area contributed by atoms with E-state index >= 15 is 0 Å². The molecule has 0 saturated carbocycles. The van der Waals surface area contributed by atoms with Crippen molar-refractivity contribution in [3.63, 3.8) is 0 Å². The highest BCUT2D eigenvalue weighted by Gasteiger charge is 2.28. The number of hydrogen-bond acceptors (Lipinski definition) is 7. The Morgan fingerprint density at radius 1 is 1.41 bits per heavy atom. The topological polar surface area (TPSA) is 76.6 Å². The second kappa shape index (κ2) is 8.34. The van der Waals surface area contributed by atoms with Gasteiger partial charge in [-0.1, -0.05) is 12.1 Å². The Balaban J connectivity index is 1.60. The normalized spacial score (nSPS) is 16.2. The van der Waals surface area contributed by atoms with E-state index < -0.39 is 0 Å². The highest BCUT2D eigenvalue weighted by molar-refractivity contribution is 7.20. The van der Waals surface area contributed by atoms with Crippen LogP contribution in [0.15, 0.2) is 30.6 Å². The monoisotopic (exact) mass is 412 g/mol. The van der Waals surface area contributed by atoms with Crippen LogP contribution in [-0.4, -0.2) is 54.2 Å². The number of aromatic nitrogens is 2. The minimum atomic E-state index is 0.0137. The third-order valence-electron chi connectivity index (χ3n) is 5.29. The lowest BCUT2D eigenvalue weighted by Crippen LogP contribution is -2.37. The molecule has 0 bridgehead atoms. The van der Waals surface area contributed by atoms with Crippen molar-refractivity contribution in [1.29, 1.82) is 0 Å². The summed E-state index contributed by atoms with van der Waals surface area (Å²) < 4.78 is 10.7. The van der Waals surface area contributed by atoms with E-state index in [-0.39, 0.29) is 11.9 Å². The predicted octanol–water partition coefficient (Wildman–Crippen LogP) is 3.48. The molecular weight excluding hydrogens is 388 g/mol. The van der Waals surface area contributed by atoms with Gasteiger partial charge in [-0.25, -0.2) is 9.97 Å². The molecule has 1 amide bonds. The Kier molecular flexibility index (Phi) is 5.64. The molecule has 1 aliphatic rings. The number of carbonyl (C=O) groups is 1. The Labute approximate surface area is 173 Å². The van der Waals surface area contributed by atoms with Crippen molar-refractivity contribution in [1.82, 2.24) is 14.9 Å². The van der Waals surface area contributed by atoms with Gasteiger partial charge in [-0.3, -0.25) is 4.79 Å². The van der Waals surface area contributed by atoms with Gasteiger partial charge in [0.1, 0.15) is 22.7 Å². The van der Waals surface area contributed by atoms with E-state index in [4.69, 9.17) is 9.47 Å². The zero-order valence-corrected chi connectivity index (χ0v) is 17.6. The van der Waals surface area contributed by atoms with Gasteiger partial charge in [-0.15, -0.1) is 11.3 Å². The first-order valence-electron chi connectivity index (χ1n) is 9.54. The first-order chi connectivity index (χ1) is 14.1. The SMILES string of the molecule is COc1cccc(CNc2ncnc3sc(C(=O)N(C)[C@H]4CCOC4)c(C)c23)c1. The molecule has 1 N–H and O–H groups in total. The molecule has 0 unspecified atom stereocenters. The molecule has 1 aromatic carbocycles. The zero-order valence-electron chi connectivity index (χ0n) is 16.8. The van der Waals surface area contributed by atoms with Crippen LogP contribution in [0, 0.1) is 6.92 Å². The fraction of sp³-hybridized carbons (Fsp3) is 0.381. The van der Waals surface area contributed by atoms with E-state index in [1.54, 1.807) is 12.0 Å². The number of likely N-dealkylation sites (N-methyl/N-ethyl adjacent to an activating group) is 1. The van der Waals surface area contributed by atoms with E-state index in [2.05, 4.69) is 15.3 Å². The van der Waals surface area contributed by atoms with Gasteiger partial charge in [0.05, 0.1) is 30.0 Å². The molecule has 1 aliphatic heterocycles.